The largest absolute Gasteiger partial charge is 0.462 e. The summed E-state index contributed by atoms with van der Waals surface area (Å²) in [6.45, 7) is 4.13. The molecule has 0 aliphatic rings. The van der Waals surface area contributed by atoms with Gasteiger partial charge in [0.05, 0.1) is 6.61 Å². The van der Waals surface area contributed by atoms with Gasteiger partial charge in [0.25, 0.3) is 0 Å². The molecule has 0 saturated carbocycles. The van der Waals surface area contributed by atoms with Gasteiger partial charge in [-0.2, -0.15) is 0 Å². The van der Waals surface area contributed by atoms with Crippen LogP contribution >= 0.6 is 0 Å². The molecule has 1 unspecified atom stereocenters. The Labute approximate surface area is 299 Å². The molecule has 0 rings (SSSR count). The van der Waals surface area contributed by atoms with Crippen molar-refractivity contribution >= 4 is 11.9 Å². The minimum atomic E-state index is -0.768. The topological polar surface area (TPSA) is 72.8 Å². The van der Waals surface area contributed by atoms with E-state index < -0.39 is 6.10 Å². The van der Waals surface area contributed by atoms with Crippen molar-refractivity contribution in [1.29, 1.82) is 0 Å². The van der Waals surface area contributed by atoms with Crippen molar-refractivity contribution in [3.8, 4) is 0 Å². The summed E-state index contributed by atoms with van der Waals surface area (Å²) in [5.74, 6) is -0.590. The van der Waals surface area contributed by atoms with Crippen molar-refractivity contribution in [2.45, 2.75) is 238 Å². The summed E-state index contributed by atoms with van der Waals surface area (Å²) in [5.41, 5.74) is 0. The van der Waals surface area contributed by atoms with Crippen LogP contribution in [0.2, 0.25) is 0 Å². The molecular weight excluding hydrogens is 596 g/mol. The lowest BCUT2D eigenvalue weighted by atomic mass is 10.0. The second kappa shape index (κ2) is 40.1. The number of hydrogen-bond acceptors (Lipinski definition) is 5. The lowest BCUT2D eigenvalue weighted by molar-refractivity contribution is -0.161. The minimum Gasteiger partial charge on any atom is -0.462 e. The van der Waals surface area contributed by atoms with E-state index in [1.165, 1.54) is 167 Å². The van der Waals surface area contributed by atoms with E-state index in [9.17, 15) is 14.7 Å². The Morgan fingerprint density at radius 3 is 1.17 bits per heavy atom. The molecule has 5 nitrogen and oxygen atoms in total. The number of rotatable bonds is 39. The minimum absolute atomic E-state index is 0.0632. The number of esters is 2. The average molecular weight is 679 g/mol. The molecule has 284 valence electrons. The van der Waals surface area contributed by atoms with Gasteiger partial charge in [0.1, 0.15) is 6.61 Å². The summed E-state index contributed by atoms with van der Waals surface area (Å²) in [4.78, 5) is 24.2. The SMILES string of the molecule is CCCCC/C=C\CCCCCCCC(=O)OC(CO)COC(=O)CCCCCCCCCCCCCCCCCCCCCCCC. The Balaban J connectivity index is 3.45. The highest BCUT2D eigenvalue weighted by Crippen LogP contribution is 2.16. The number of hydrogen-bond donors (Lipinski definition) is 1. The van der Waals surface area contributed by atoms with Crippen LogP contribution in [0.25, 0.3) is 0 Å². The summed E-state index contributed by atoms with van der Waals surface area (Å²) in [7, 11) is 0. The predicted molar refractivity (Wildman–Crippen MR) is 205 cm³/mol. The number of unbranched alkanes of at least 4 members (excludes halogenated alkanes) is 29. The van der Waals surface area contributed by atoms with Gasteiger partial charge in [-0.15, -0.1) is 0 Å². The summed E-state index contributed by atoms with van der Waals surface area (Å²) in [6, 6.07) is 0. The maximum absolute atomic E-state index is 12.1. The zero-order chi connectivity index (χ0) is 35.0. The van der Waals surface area contributed by atoms with Crippen LogP contribution in [0.15, 0.2) is 12.2 Å². The molecular formula is C43H82O5. The van der Waals surface area contributed by atoms with Crippen LogP contribution in [0.5, 0.6) is 0 Å². The Morgan fingerprint density at radius 2 is 0.771 bits per heavy atom. The smallest absolute Gasteiger partial charge is 0.306 e. The fourth-order valence-corrected chi connectivity index (χ4v) is 6.31. The van der Waals surface area contributed by atoms with Gasteiger partial charge in [-0.3, -0.25) is 9.59 Å². The molecule has 0 aromatic rings. The first-order chi connectivity index (χ1) is 23.6. The Morgan fingerprint density at radius 1 is 0.458 bits per heavy atom. The fraction of sp³-hybridized carbons (Fsp3) is 0.907. The average Bonchev–Trinajstić information content (AvgIpc) is 3.09. The first-order valence-electron chi connectivity index (χ1n) is 21.2. The van der Waals surface area contributed by atoms with Crippen LogP contribution in [0, 0.1) is 0 Å². The molecule has 5 heteroatoms. The van der Waals surface area contributed by atoms with E-state index in [1.807, 2.05) is 0 Å². The highest BCUT2D eigenvalue weighted by atomic mass is 16.6. The second-order valence-corrected chi connectivity index (χ2v) is 14.4. The third kappa shape index (κ3) is 37.5. The lowest BCUT2D eigenvalue weighted by Crippen LogP contribution is -2.28. The van der Waals surface area contributed by atoms with Gasteiger partial charge < -0.3 is 14.6 Å². The van der Waals surface area contributed by atoms with E-state index >= 15 is 0 Å². The lowest BCUT2D eigenvalue weighted by Gasteiger charge is -2.15. The van der Waals surface area contributed by atoms with E-state index in [0.717, 1.165) is 38.5 Å². The van der Waals surface area contributed by atoms with Crippen molar-refractivity contribution in [2.75, 3.05) is 13.2 Å². The molecule has 0 amide bonds. The van der Waals surface area contributed by atoms with E-state index in [4.69, 9.17) is 9.47 Å². The first-order valence-corrected chi connectivity index (χ1v) is 21.2. The van der Waals surface area contributed by atoms with Crippen molar-refractivity contribution in [3.05, 3.63) is 12.2 Å². The van der Waals surface area contributed by atoms with Gasteiger partial charge in [0.2, 0.25) is 0 Å². The van der Waals surface area contributed by atoms with Crippen LogP contribution in [0.1, 0.15) is 232 Å². The molecule has 1 atom stereocenters. The van der Waals surface area contributed by atoms with E-state index in [-0.39, 0.29) is 25.2 Å². The molecule has 0 heterocycles. The maximum Gasteiger partial charge on any atom is 0.306 e. The van der Waals surface area contributed by atoms with Gasteiger partial charge >= 0.3 is 11.9 Å². The van der Waals surface area contributed by atoms with Crippen molar-refractivity contribution in [2.24, 2.45) is 0 Å². The molecule has 0 spiro atoms. The molecule has 0 bridgehead atoms. The number of carbonyl (C=O) groups is 2. The third-order valence-electron chi connectivity index (χ3n) is 9.56. The zero-order valence-corrected chi connectivity index (χ0v) is 32.3. The first kappa shape index (κ1) is 46.6. The van der Waals surface area contributed by atoms with Crippen LogP contribution in [0.3, 0.4) is 0 Å². The van der Waals surface area contributed by atoms with Crippen molar-refractivity contribution < 1.29 is 24.2 Å². The number of ether oxygens (including phenoxy) is 2. The molecule has 0 saturated heterocycles. The number of carbonyl (C=O) groups excluding carboxylic acids is 2. The highest BCUT2D eigenvalue weighted by Gasteiger charge is 2.16. The third-order valence-corrected chi connectivity index (χ3v) is 9.56. The van der Waals surface area contributed by atoms with Gasteiger partial charge in [0.15, 0.2) is 6.10 Å². The van der Waals surface area contributed by atoms with Gasteiger partial charge in [-0.05, 0) is 38.5 Å². The summed E-state index contributed by atoms with van der Waals surface area (Å²) < 4.78 is 10.6. The molecule has 0 aromatic carbocycles. The second-order valence-electron chi connectivity index (χ2n) is 14.4. The molecule has 0 radical (unpaired) electrons. The number of aliphatic hydroxyl groups excluding tert-OH is 1. The number of allylic oxidation sites excluding steroid dienone is 2. The molecule has 1 N–H and O–H groups in total. The Kier molecular flexibility index (Phi) is 38.9. The Hall–Kier alpha value is -1.36. The quantitative estimate of drug-likeness (QED) is 0.0398. The highest BCUT2D eigenvalue weighted by molar-refractivity contribution is 5.70. The zero-order valence-electron chi connectivity index (χ0n) is 32.3. The molecule has 0 aliphatic carbocycles. The van der Waals surface area contributed by atoms with Crippen LogP contribution in [-0.2, 0) is 19.1 Å². The van der Waals surface area contributed by atoms with Crippen LogP contribution in [-0.4, -0.2) is 36.4 Å². The van der Waals surface area contributed by atoms with Gasteiger partial charge in [-0.1, -0.05) is 193 Å². The molecule has 48 heavy (non-hydrogen) atoms. The summed E-state index contributed by atoms with van der Waals surface area (Å²) in [6.07, 6.45) is 45.7. The molecule has 0 aromatic heterocycles. The summed E-state index contributed by atoms with van der Waals surface area (Å²) >= 11 is 0. The summed E-state index contributed by atoms with van der Waals surface area (Å²) in [5, 5.41) is 9.55. The van der Waals surface area contributed by atoms with E-state index in [0.29, 0.717) is 12.8 Å². The van der Waals surface area contributed by atoms with Crippen LogP contribution < -0.4 is 0 Å². The van der Waals surface area contributed by atoms with Crippen LogP contribution in [0.4, 0.5) is 0 Å². The normalized spacial score (nSPS) is 12.1. The molecule has 0 aliphatic heterocycles. The molecule has 0 fully saturated rings. The van der Waals surface area contributed by atoms with Gasteiger partial charge in [-0.25, -0.2) is 0 Å². The number of aliphatic hydroxyl groups is 1. The standard InChI is InChI=1S/C43H82O5/c1-3-5-7-9-11-13-15-17-18-19-20-21-22-23-24-25-26-28-29-31-33-35-37-42(45)47-40-41(39-44)48-43(46)38-36-34-32-30-27-16-14-12-10-8-6-4-2/h12,14,41,44H,3-11,13,15-40H2,1-2H3/b14-12-. The van der Waals surface area contributed by atoms with E-state index in [1.54, 1.807) is 0 Å². The fourth-order valence-electron chi connectivity index (χ4n) is 6.31. The van der Waals surface area contributed by atoms with Crippen molar-refractivity contribution in [3.63, 3.8) is 0 Å². The van der Waals surface area contributed by atoms with E-state index in [2.05, 4.69) is 26.0 Å². The van der Waals surface area contributed by atoms with Gasteiger partial charge in [0, 0.05) is 12.8 Å². The Bertz CT molecular complexity index is 691. The maximum atomic E-state index is 12.1. The van der Waals surface area contributed by atoms with Crippen molar-refractivity contribution in [1.82, 2.24) is 0 Å². The monoisotopic (exact) mass is 679 g/mol. The predicted octanol–water partition coefficient (Wildman–Crippen LogP) is 13.3.